The van der Waals surface area contributed by atoms with Crippen LogP contribution in [0.3, 0.4) is 0 Å². The third-order valence-corrected chi connectivity index (χ3v) is 3.25. The Balaban J connectivity index is 2.31. The average molecular weight is 271 g/mol. The first-order valence-electron chi connectivity index (χ1n) is 5.41. The first kappa shape index (κ1) is 12.8. The SMILES string of the molecule is O=C(c1cccc([N+](=O)[O-])c1Cl)N1CC[C@H](O)C1. The van der Waals surface area contributed by atoms with Crippen LogP contribution < -0.4 is 0 Å². The fraction of sp³-hybridized carbons (Fsp3) is 0.364. The summed E-state index contributed by atoms with van der Waals surface area (Å²) in [6.45, 7) is 0.664. The molecule has 1 saturated heterocycles. The molecule has 0 unspecified atom stereocenters. The third-order valence-electron chi connectivity index (χ3n) is 2.86. The molecule has 1 aromatic rings. The zero-order valence-electron chi connectivity index (χ0n) is 9.38. The molecule has 1 aliphatic heterocycles. The molecule has 2 rings (SSSR count). The van der Waals surface area contributed by atoms with Crippen molar-refractivity contribution in [3.05, 3.63) is 38.9 Å². The molecule has 1 amide bonds. The van der Waals surface area contributed by atoms with E-state index in [9.17, 15) is 20.0 Å². The molecule has 0 spiro atoms. The number of nitrogens with zero attached hydrogens (tertiary/aromatic N) is 2. The molecule has 0 saturated carbocycles. The Hall–Kier alpha value is -1.66. The number of rotatable bonds is 2. The number of aliphatic hydroxyl groups excluding tert-OH is 1. The van der Waals surface area contributed by atoms with Crippen molar-refractivity contribution in [1.29, 1.82) is 0 Å². The molecule has 1 heterocycles. The predicted octanol–water partition coefficient (Wildman–Crippen LogP) is 1.45. The monoisotopic (exact) mass is 270 g/mol. The van der Waals surface area contributed by atoms with Gasteiger partial charge in [-0.1, -0.05) is 17.7 Å². The molecule has 1 fully saturated rings. The second-order valence-corrected chi connectivity index (χ2v) is 4.47. The van der Waals surface area contributed by atoms with Crippen molar-refractivity contribution >= 4 is 23.2 Å². The number of amides is 1. The van der Waals surface area contributed by atoms with Crippen LogP contribution in [0.5, 0.6) is 0 Å². The van der Waals surface area contributed by atoms with Crippen molar-refractivity contribution in [2.45, 2.75) is 12.5 Å². The van der Waals surface area contributed by atoms with Crippen LogP contribution in [0.4, 0.5) is 5.69 Å². The number of hydrogen-bond donors (Lipinski definition) is 1. The fourth-order valence-corrected chi connectivity index (χ4v) is 2.20. The summed E-state index contributed by atoms with van der Waals surface area (Å²) in [5.41, 5.74) is -0.192. The number of likely N-dealkylation sites (tertiary alicyclic amines) is 1. The molecule has 0 aromatic heterocycles. The summed E-state index contributed by atoms with van der Waals surface area (Å²) in [6, 6.07) is 4.12. The van der Waals surface area contributed by atoms with Crippen LogP contribution in [-0.4, -0.2) is 40.0 Å². The van der Waals surface area contributed by atoms with E-state index < -0.39 is 11.0 Å². The molecular formula is C11H11ClN2O4. The Labute approximate surface area is 108 Å². The van der Waals surface area contributed by atoms with Gasteiger partial charge in [-0.25, -0.2) is 0 Å². The van der Waals surface area contributed by atoms with E-state index in [0.717, 1.165) is 0 Å². The van der Waals surface area contributed by atoms with Gasteiger partial charge in [0.25, 0.3) is 11.6 Å². The van der Waals surface area contributed by atoms with Gasteiger partial charge in [-0.15, -0.1) is 0 Å². The lowest BCUT2D eigenvalue weighted by Crippen LogP contribution is -2.29. The Morgan fingerprint density at radius 2 is 2.28 bits per heavy atom. The van der Waals surface area contributed by atoms with E-state index in [1.807, 2.05) is 0 Å². The topological polar surface area (TPSA) is 83.7 Å². The summed E-state index contributed by atoms with van der Waals surface area (Å²) in [7, 11) is 0. The van der Waals surface area contributed by atoms with Gasteiger partial charge in [0.1, 0.15) is 5.02 Å². The number of β-amino-alcohol motifs (C(OH)–C–C–N with tert-alkyl or cyclic N) is 1. The van der Waals surface area contributed by atoms with Gasteiger partial charge < -0.3 is 10.0 Å². The van der Waals surface area contributed by atoms with Gasteiger partial charge in [0.15, 0.2) is 0 Å². The Morgan fingerprint density at radius 1 is 1.56 bits per heavy atom. The minimum atomic E-state index is -0.627. The summed E-state index contributed by atoms with van der Waals surface area (Å²) in [6.07, 6.45) is -0.0235. The number of aliphatic hydroxyl groups is 1. The molecule has 1 aliphatic rings. The molecule has 0 aliphatic carbocycles. The Bertz CT molecular complexity index is 506. The van der Waals surface area contributed by atoms with Crippen molar-refractivity contribution in [3.8, 4) is 0 Å². The van der Waals surface area contributed by atoms with Crippen LogP contribution in [0.2, 0.25) is 5.02 Å². The smallest absolute Gasteiger partial charge is 0.288 e. The predicted molar refractivity (Wildman–Crippen MR) is 64.6 cm³/mol. The fourth-order valence-electron chi connectivity index (χ4n) is 1.92. The number of nitro benzene ring substituents is 1. The lowest BCUT2D eigenvalue weighted by atomic mass is 10.1. The molecule has 7 heteroatoms. The van der Waals surface area contributed by atoms with Gasteiger partial charge in [-0.3, -0.25) is 14.9 Å². The number of hydrogen-bond acceptors (Lipinski definition) is 4. The summed E-state index contributed by atoms with van der Waals surface area (Å²) < 4.78 is 0. The zero-order valence-corrected chi connectivity index (χ0v) is 10.1. The van der Waals surface area contributed by atoms with Gasteiger partial charge in [0, 0.05) is 19.2 Å². The van der Waals surface area contributed by atoms with E-state index in [-0.39, 0.29) is 28.7 Å². The quantitative estimate of drug-likeness (QED) is 0.651. The van der Waals surface area contributed by atoms with Crippen molar-refractivity contribution in [1.82, 2.24) is 4.90 Å². The van der Waals surface area contributed by atoms with Crippen LogP contribution in [0.15, 0.2) is 18.2 Å². The molecule has 0 radical (unpaired) electrons. The summed E-state index contributed by atoms with van der Waals surface area (Å²) in [4.78, 5) is 23.6. The van der Waals surface area contributed by atoms with Crippen LogP contribution in [0.25, 0.3) is 0 Å². The highest BCUT2D eigenvalue weighted by Gasteiger charge is 2.28. The Kier molecular flexibility index (Phi) is 3.49. The summed E-state index contributed by atoms with van der Waals surface area (Å²) >= 11 is 5.86. The maximum absolute atomic E-state index is 12.1. The van der Waals surface area contributed by atoms with E-state index in [2.05, 4.69) is 0 Å². The standard InChI is InChI=1S/C11H11ClN2O4/c12-10-8(2-1-3-9(10)14(17)18)11(16)13-5-4-7(15)6-13/h1-3,7,15H,4-6H2/t7-/m0/s1. The van der Waals surface area contributed by atoms with Gasteiger partial charge in [0.2, 0.25) is 0 Å². The first-order chi connectivity index (χ1) is 8.50. The summed E-state index contributed by atoms with van der Waals surface area (Å²) in [5, 5.41) is 19.9. The normalized spacial score (nSPS) is 19.0. The lowest BCUT2D eigenvalue weighted by Gasteiger charge is -2.16. The number of nitro groups is 1. The van der Waals surface area contributed by atoms with Gasteiger partial charge in [0.05, 0.1) is 16.6 Å². The highest BCUT2D eigenvalue weighted by molar-refractivity contribution is 6.35. The molecule has 18 heavy (non-hydrogen) atoms. The third kappa shape index (κ3) is 2.30. The Morgan fingerprint density at radius 3 is 2.83 bits per heavy atom. The van der Waals surface area contributed by atoms with Gasteiger partial charge >= 0.3 is 0 Å². The van der Waals surface area contributed by atoms with Gasteiger partial charge in [-0.05, 0) is 12.5 Å². The highest BCUT2D eigenvalue weighted by Crippen LogP contribution is 2.29. The highest BCUT2D eigenvalue weighted by atomic mass is 35.5. The molecule has 96 valence electrons. The maximum atomic E-state index is 12.1. The first-order valence-corrected chi connectivity index (χ1v) is 5.78. The van der Waals surface area contributed by atoms with Crippen LogP contribution in [-0.2, 0) is 0 Å². The van der Waals surface area contributed by atoms with Crippen LogP contribution in [0.1, 0.15) is 16.8 Å². The van der Waals surface area contributed by atoms with Crippen molar-refractivity contribution in [2.24, 2.45) is 0 Å². The van der Waals surface area contributed by atoms with E-state index >= 15 is 0 Å². The number of carbonyl (C=O) groups is 1. The summed E-state index contributed by atoms with van der Waals surface area (Å²) in [5.74, 6) is -0.389. The largest absolute Gasteiger partial charge is 0.391 e. The second-order valence-electron chi connectivity index (χ2n) is 4.09. The molecule has 0 bridgehead atoms. The molecular weight excluding hydrogens is 260 g/mol. The van der Waals surface area contributed by atoms with E-state index in [1.165, 1.54) is 23.1 Å². The minimum Gasteiger partial charge on any atom is -0.391 e. The van der Waals surface area contributed by atoms with Crippen molar-refractivity contribution in [2.75, 3.05) is 13.1 Å². The van der Waals surface area contributed by atoms with Crippen molar-refractivity contribution in [3.63, 3.8) is 0 Å². The minimum absolute atomic E-state index is 0.0972. The van der Waals surface area contributed by atoms with Crippen LogP contribution in [0, 0.1) is 10.1 Å². The maximum Gasteiger partial charge on any atom is 0.288 e. The van der Waals surface area contributed by atoms with Crippen molar-refractivity contribution < 1.29 is 14.8 Å². The van der Waals surface area contributed by atoms with E-state index in [1.54, 1.807) is 0 Å². The molecule has 1 N–H and O–H groups in total. The molecule has 1 atom stereocenters. The zero-order chi connectivity index (χ0) is 13.3. The molecule has 6 nitrogen and oxygen atoms in total. The number of carbonyl (C=O) groups excluding carboxylic acids is 1. The van der Waals surface area contributed by atoms with Crippen LogP contribution >= 0.6 is 11.6 Å². The second kappa shape index (κ2) is 4.91. The van der Waals surface area contributed by atoms with E-state index in [4.69, 9.17) is 11.6 Å². The molecule has 1 aromatic carbocycles. The lowest BCUT2D eigenvalue weighted by molar-refractivity contribution is -0.384. The van der Waals surface area contributed by atoms with E-state index in [0.29, 0.717) is 13.0 Å². The average Bonchev–Trinajstić information content (AvgIpc) is 2.75. The number of halogens is 1. The van der Waals surface area contributed by atoms with Gasteiger partial charge in [-0.2, -0.15) is 0 Å². The number of benzene rings is 1.